The van der Waals surface area contributed by atoms with Gasteiger partial charge < -0.3 is 19.3 Å². The van der Waals surface area contributed by atoms with E-state index in [0.717, 1.165) is 11.4 Å². The minimum atomic E-state index is -0.267. The Morgan fingerprint density at radius 2 is 1.96 bits per heavy atom. The van der Waals surface area contributed by atoms with Gasteiger partial charge in [0.05, 0.1) is 6.61 Å². The van der Waals surface area contributed by atoms with Gasteiger partial charge in [-0.1, -0.05) is 11.6 Å². The highest BCUT2D eigenvalue weighted by Gasteiger charge is 2.23. The van der Waals surface area contributed by atoms with E-state index in [1.807, 2.05) is 13.0 Å². The molecule has 0 unspecified atom stereocenters. The lowest BCUT2D eigenvalue weighted by Crippen LogP contribution is -2.49. The summed E-state index contributed by atoms with van der Waals surface area (Å²) < 4.78 is 10.9. The van der Waals surface area contributed by atoms with E-state index in [1.54, 1.807) is 30.0 Å². The van der Waals surface area contributed by atoms with Crippen molar-refractivity contribution in [2.45, 2.75) is 13.8 Å². The fourth-order valence-corrected chi connectivity index (χ4v) is 2.81. The predicted molar refractivity (Wildman–Crippen MR) is 99.1 cm³/mol. The number of hydrogen-bond donors (Lipinski definition) is 0. The molecule has 1 aromatic carbocycles. The molecule has 0 bridgehead atoms. The lowest BCUT2D eigenvalue weighted by atomic mass is 10.2. The SMILES string of the molecule is CCOC(=O)N1CCN(c2cc(Oc3ccc(Cl)c(C)c3)ncn2)CC1. The molecule has 1 fully saturated rings. The fraction of sp³-hybridized carbons (Fsp3) is 0.389. The maximum Gasteiger partial charge on any atom is 0.409 e. The average molecular weight is 377 g/mol. The van der Waals surface area contributed by atoms with Crippen LogP contribution in [0.5, 0.6) is 11.6 Å². The largest absolute Gasteiger partial charge is 0.450 e. The van der Waals surface area contributed by atoms with Crippen molar-refractivity contribution in [3.05, 3.63) is 41.2 Å². The number of halogens is 1. The van der Waals surface area contributed by atoms with Crippen LogP contribution >= 0.6 is 11.6 Å². The van der Waals surface area contributed by atoms with E-state index >= 15 is 0 Å². The third-order valence-corrected chi connectivity index (χ3v) is 4.53. The molecule has 7 nitrogen and oxygen atoms in total. The molecule has 0 atom stereocenters. The first-order chi connectivity index (χ1) is 12.6. The molecule has 26 heavy (non-hydrogen) atoms. The van der Waals surface area contributed by atoms with Gasteiger partial charge in [-0.3, -0.25) is 0 Å². The molecule has 2 heterocycles. The molecular formula is C18H21ClN4O3. The molecule has 8 heteroatoms. The topological polar surface area (TPSA) is 67.8 Å². The van der Waals surface area contributed by atoms with Gasteiger partial charge in [0.15, 0.2) is 0 Å². The van der Waals surface area contributed by atoms with Crippen LogP contribution in [0.15, 0.2) is 30.6 Å². The summed E-state index contributed by atoms with van der Waals surface area (Å²) in [4.78, 5) is 24.1. The maximum atomic E-state index is 11.8. The van der Waals surface area contributed by atoms with Gasteiger partial charge in [-0.2, -0.15) is 0 Å². The third kappa shape index (κ3) is 4.35. The molecule has 1 aromatic heterocycles. The van der Waals surface area contributed by atoms with Crippen molar-refractivity contribution in [1.82, 2.24) is 14.9 Å². The Kier molecular flexibility index (Phi) is 5.78. The van der Waals surface area contributed by atoms with Gasteiger partial charge in [0.25, 0.3) is 0 Å². The first-order valence-electron chi connectivity index (χ1n) is 8.49. The van der Waals surface area contributed by atoms with Gasteiger partial charge in [-0.25, -0.2) is 14.8 Å². The number of piperazine rings is 1. The molecular weight excluding hydrogens is 356 g/mol. The van der Waals surface area contributed by atoms with Crippen molar-refractivity contribution in [3.63, 3.8) is 0 Å². The highest BCUT2D eigenvalue weighted by atomic mass is 35.5. The Balaban J connectivity index is 1.64. The predicted octanol–water partition coefficient (Wildman–Crippen LogP) is 3.51. The molecule has 1 aliphatic heterocycles. The zero-order valence-electron chi connectivity index (χ0n) is 14.8. The number of aromatic nitrogens is 2. The minimum Gasteiger partial charge on any atom is -0.450 e. The van der Waals surface area contributed by atoms with Gasteiger partial charge in [0.2, 0.25) is 5.88 Å². The molecule has 3 rings (SSSR count). The van der Waals surface area contributed by atoms with Crippen LogP contribution in [0, 0.1) is 6.92 Å². The molecule has 0 radical (unpaired) electrons. The maximum absolute atomic E-state index is 11.8. The Morgan fingerprint density at radius 1 is 1.19 bits per heavy atom. The highest BCUT2D eigenvalue weighted by molar-refractivity contribution is 6.31. The molecule has 1 amide bonds. The van der Waals surface area contributed by atoms with E-state index in [9.17, 15) is 4.79 Å². The van der Waals surface area contributed by atoms with Crippen molar-refractivity contribution >= 4 is 23.5 Å². The first kappa shape index (κ1) is 18.3. The van der Waals surface area contributed by atoms with Crippen LogP contribution in [-0.4, -0.2) is 53.7 Å². The highest BCUT2D eigenvalue weighted by Crippen LogP contribution is 2.26. The second-order valence-corrected chi connectivity index (χ2v) is 6.31. The summed E-state index contributed by atoms with van der Waals surface area (Å²) in [5, 5.41) is 0.695. The summed E-state index contributed by atoms with van der Waals surface area (Å²) in [7, 11) is 0. The molecule has 0 saturated carbocycles. The van der Waals surface area contributed by atoms with Gasteiger partial charge in [0, 0.05) is 37.3 Å². The molecule has 138 valence electrons. The average Bonchev–Trinajstić information content (AvgIpc) is 2.65. The summed E-state index contributed by atoms with van der Waals surface area (Å²) in [5.41, 5.74) is 0.938. The Labute approximate surface area is 157 Å². The van der Waals surface area contributed by atoms with Crippen LogP contribution in [0.1, 0.15) is 12.5 Å². The van der Waals surface area contributed by atoms with Crippen molar-refractivity contribution in [3.8, 4) is 11.6 Å². The lowest BCUT2D eigenvalue weighted by Gasteiger charge is -2.34. The molecule has 1 aliphatic rings. The zero-order valence-corrected chi connectivity index (χ0v) is 15.6. The minimum absolute atomic E-state index is 0.267. The Morgan fingerprint density at radius 3 is 2.65 bits per heavy atom. The number of aryl methyl sites for hydroxylation is 1. The van der Waals surface area contributed by atoms with Crippen LogP contribution in [0.3, 0.4) is 0 Å². The molecule has 0 N–H and O–H groups in total. The second kappa shape index (κ2) is 8.23. The van der Waals surface area contributed by atoms with Crippen LogP contribution < -0.4 is 9.64 Å². The Bertz CT molecular complexity index is 779. The summed E-state index contributed by atoms with van der Waals surface area (Å²) >= 11 is 6.04. The van der Waals surface area contributed by atoms with E-state index < -0.39 is 0 Å². The molecule has 2 aromatic rings. The van der Waals surface area contributed by atoms with Crippen LogP contribution in [-0.2, 0) is 4.74 Å². The number of ether oxygens (including phenoxy) is 2. The van der Waals surface area contributed by atoms with Gasteiger partial charge in [0.1, 0.15) is 17.9 Å². The van der Waals surface area contributed by atoms with Gasteiger partial charge in [-0.05, 0) is 37.6 Å². The smallest absolute Gasteiger partial charge is 0.409 e. The van der Waals surface area contributed by atoms with Crippen molar-refractivity contribution in [2.24, 2.45) is 0 Å². The number of benzene rings is 1. The van der Waals surface area contributed by atoms with E-state index in [2.05, 4.69) is 14.9 Å². The van der Waals surface area contributed by atoms with Crippen LogP contribution in [0.25, 0.3) is 0 Å². The van der Waals surface area contributed by atoms with Crippen molar-refractivity contribution < 1.29 is 14.3 Å². The molecule has 1 saturated heterocycles. The normalized spacial score (nSPS) is 14.3. The van der Waals surface area contributed by atoms with Gasteiger partial charge >= 0.3 is 6.09 Å². The summed E-state index contributed by atoms with van der Waals surface area (Å²) in [5.74, 6) is 1.90. The summed E-state index contributed by atoms with van der Waals surface area (Å²) in [6, 6.07) is 7.25. The number of carbonyl (C=O) groups is 1. The zero-order chi connectivity index (χ0) is 18.5. The Hall–Kier alpha value is -2.54. The number of rotatable bonds is 4. The van der Waals surface area contributed by atoms with Crippen molar-refractivity contribution in [2.75, 3.05) is 37.7 Å². The second-order valence-electron chi connectivity index (χ2n) is 5.90. The molecule has 0 aliphatic carbocycles. The summed E-state index contributed by atoms with van der Waals surface area (Å²) in [6.45, 7) is 6.65. The van der Waals surface area contributed by atoms with E-state index in [0.29, 0.717) is 49.4 Å². The van der Waals surface area contributed by atoms with Crippen molar-refractivity contribution in [1.29, 1.82) is 0 Å². The van der Waals surface area contributed by atoms with E-state index in [4.69, 9.17) is 21.1 Å². The number of anilines is 1. The third-order valence-electron chi connectivity index (χ3n) is 4.11. The van der Waals surface area contributed by atoms with Crippen LogP contribution in [0.4, 0.5) is 10.6 Å². The monoisotopic (exact) mass is 376 g/mol. The first-order valence-corrected chi connectivity index (χ1v) is 8.87. The number of amides is 1. The van der Waals surface area contributed by atoms with E-state index in [1.165, 1.54) is 6.33 Å². The number of hydrogen-bond acceptors (Lipinski definition) is 6. The number of nitrogens with zero attached hydrogens (tertiary/aromatic N) is 4. The van der Waals surface area contributed by atoms with E-state index in [-0.39, 0.29) is 6.09 Å². The molecule has 0 spiro atoms. The lowest BCUT2D eigenvalue weighted by molar-refractivity contribution is 0.105. The number of carbonyl (C=O) groups excluding carboxylic acids is 1. The van der Waals surface area contributed by atoms with Gasteiger partial charge in [-0.15, -0.1) is 0 Å². The fourth-order valence-electron chi connectivity index (χ4n) is 2.69. The quantitative estimate of drug-likeness (QED) is 0.813. The standard InChI is InChI=1S/C18H21ClN4O3/c1-3-25-18(24)23-8-6-22(7-9-23)16-11-17(21-12-20-16)26-14-4-5-15(19)13(2)10-14/h4-5,10-12H,3,6-9H2,1-2H3. The summed E-state index contributed by atoms with van der Waals surface area (Å²) in [6.07, 6.45) is 1.21. The van der Waals surface area contributed by atoms with Crippen LogP contribution in [0.2, 0.25) is 5.02 Å².